The van der Waals surface area contributed by atoms with Crippen LogP contribution < -0.4 is 0 Å². The second-order valence-corrected chi connectivity index (χ2v) is 6.35. The lowest BCUT2D eigenvalue weighted by molar-refractivity contribution is 0.434. The number of aromatic nitrogens is 2. The van der Waals surface area contributed by atoms with Crippen molar-refractivity contribution in [2.75, 3.05) is 0 Å². The Balaban J connectivity index is 1.86. The SMILES string of the molecule is Oc1c2n(c(=S)n1-c1cccc3ccccc13)C1C=CC2C1. The average Bonchev–Trinajstić information content (AvgIpc) is 3.21. The summed E-state index contributed by atoms with van der Waals surface area (Å²) in [4.78, 5) is 0. The van der Waals surface area contributed by atoms with Gasteiger partial charge in [-0.2, -0.15) is 0 Å². The van der Waals surface area contributed by atoms with Crippen LogP contribution in [-0.4, -0.2) is 14.2 Å². The molecule has 2 heterocycles. The topological polar surface area (TPSA) is 30.1 Å². The van der Waals surface area contributed by atoms with Crippen LogP contribution >= 0.6 is 12.2 Å². The number of benzene rings is 2. The van der Waals surface area contributed by atoms with Gasteiger partial charge >= 0.3 is 0 Å². The minimum atomic E-state index is 0.290. The first-order valence-corrected chi connectivity index (χ1v) is 7.89. The monoisotopic (exact) mass is 306 g/mol. The van der Waals surface area contributed by atoms with Crippen LogP contribution in [0.1, 0.15) is 24.1 Å². The van der Waals surface area contributed by atoms with E-state index in [9.17, 15) is 5.11 Å². The molecule has 1 aliphatic carbocycles. The van der Waals surface area contributed by atoms with Gasteiger partial charge in [0.2, 0.25) is 5.88 Å². The third-order valence-electron chi connectivity index (χ3n) is 4.85. The summed E-state index contributed by atoms with van der Waals surface area (Å²) in [5, 5.41) is 13.1. The predicted molar refractivity (Wildman–Crippen MR) is 89.3 cm³/mol. The van der Waals surface area contributed by atoms with Crippen LogP contribution in [0.4, 0.5) is 0 Å². The predicted octanol–water partition coefficient (Wildman–Crippen LogP) is 4.47. The molecule has 0 spiro atoms. The van der Waals surface area contributed by atoms with Crippen molar-refractivity contribution in [3.8, 4) is 11.6 Å². The van der Waals surface area contributed by atoms with Crippen molar-refractivity contribution in [1.29, 1.82) is 0 Å². The van der Waals surface area contributed by atoms with E-state index in [0.29, 0.717) is 22.6 Å². The van der Waals surface area contributed by atoms with E-state index in [4.69, 9.17) is 12.2 Å². The van der Waals surface area contributed by atoms with Crippen molar-refractivity contribution in [3.63, 3.8) is 0 Å². The molecule has 3 aromatic rings. The molecule has 2 atom stereocenters. The van der Waals surface area contributed by atoms with Gasteiger partial charge in [-0.25, -0.2) is 0 Å². The fourth-order valence-corrected chi connectivity index (χ4v) is 4.30. The minimum absolute atomic E-state index is 0.290. The van der Waals surface area contributed by atoms with Crippen LogP contribution in [0.3, 0.4) is 0 Å². The summed E-state index contributed by atoms with van der Waals surface area (Å²) in [6.07, 6.45) is 5.41. The molecule has 22 heavy (non-hydrogen) atoms. The highest BCUT2D eigenvalue weighted by Crippen LogP contribution is 2.49. The van der Waals surface area contributed by atoms with Crippen molar-refractivity contribution < 1.29 is 5.11 Å². The Hall–Kier alpha value is -2.33. The molecule has 2 bridgehead atoms. The van der Waals surface area contributed by atoms with E-state index in [1.54, 1.807) is 0 Å². The van der Waals surface area contributed by atoms with Gasteiger partial charge in [0, 0.05) is 11.3 Å². The number of aromatic hydroxyl groups is 1. The van der Waals surface area contributed by atoms with Gasteiger partial charge in [0.05, 0.1) is 17.4 Å². The molecular formula is C18H14N2OS. The molecule has 0 fully saturated rings. The van der Waals surface area contributed by atoms with Crippen molar-refractivity contribution in [1.82, 2.24) is 9.13 Å². The first-order valence-electron chi connectivity index (χ1n) is 7.48. The summed E-state index contributed by atoms with van der Waals surface area (Å²) < 4.78 is 4.61. The van der Waals surface area contributed by atoms with Gasteiger partial charge in [0.25, 0.3) is 0 Å². The van der Waals surface area contributed by atoms with Gasteiger partial charge < -0.3 is 9.67 Å². The second kappa shape index (κ2) is 4.11. The van der Waals surface area contributed by atoms with Gasteiger partial charge in [-0.15, -0.1) is 0 Å². The van der Waals surface area contributed by atoms with Crippen molar-refractivity contribution in [2.24, 2.45) is 0 Å². The summed E-state index contributed by atoms with van der Waals surface area (Å²) in [6.45, 7) is 0. The Morgan fingerprint density at radius 1 is 1.05 bits per heavy atom. The van der Waals surface area contributed by atoms with E-state index < -0.39 is 0 Å². The quantitative estimate of drug-likeness (QED) is 0.531. The Morgan fingerprint density at radius 2 is 1.86 bits per heavy atom. The molecule has 0 saturated heterocycles. The zero-order valence-electron chi connectivity index (χ0n) is 11.8. The fraction of sp³-hybridized carbons (Fsp3) is 0.167. The smallest absolute Gasteiger partial charge is 0.218 e. The van der Waals surface area contributed by atoms with Crippen LogP contribution in [0, 0.1) is 4.77 Å². The number of imidazole rings is 1. The van der Waals surface area contributed by atoms with Gasteiger partial charge in [0.15, 0.2) is 4.77 Å². The van der Waals surface area contributed by atoms with Crippen molar-refractivity contribution in [3.05, 3.63) is 65.1 Å². The molecular weight excluding hydrogens is 292 g/mol. The number of hydrogen-bond acceptors (Lipinski definition) is 2. The molecule has 2 aliphatic rings. The highest BCUT2D eigenvalue weighted by atomic mass is 32.1. The first-order chi connectivity index (χ1) is 10.8. The summed E-state index contributed by atoms with van der Waals surface area (Å²) in [7, 11) is 0. The standard InChI is InChI=1S/C18H14N2OS/c21-17-16-12-8-9-13(10-12)19(16)18(22)20(17)15-7-3-5-11-4-1-2-6-14(11)15/h1-9,12-13,21H,10H2. The van der Waals surface area contributed by atoms with Crippen LogP contribution in [0.5, 0.6) is 5.88 Å². The third-order valence-corrected chi connectivity index (χ3v) is 5.23. The van der Waals surface area contributed by atoms with Gasteiger partial charge in [-0.1, -0.05) is 48.6 Å². The van der Waals surface area contributed by atoms with E-state index in [1.165, 1.54) is 0 Å². The molecule has 1 aromatic heterocycles. The lowest BCUT2D eigenvalue weighted by Crippen LogP contribution is -2.03. The molecule has 5 rings (SSSR count). The molecule has 0 saturated carbocycles. The molecule has 0 radical (unpaired) electrons. The number of hydrogen-bond donors (Lipinski definition) is 1. The van der Waals surface area contributed by atoms with E-state index in [2.05, 4.69) is 34.9 Å². The van der Waals surface area contributed by atoms with E-state index in [0.717, 1.165) is 28.6 Å². The Labute approximate surface area is 132 Å². The third kappa shape index (κ3) is 1.38. The zero-order valence-corrected chi connectivity index (χ0v) is 12.6. The van der Waals surface area contributed by atoms with E-state index in [-0.39, 0.29) is 0 Å². The Morgan fingerprint density at radius 3 is 2.73 bits per heavy atom. The summed E-state index contributed by atoms with van der Waals surface area (Å²) in [6, 6.07) is 14.6. The highest BCUT2D eigenvalue weighted by Gasteiger charge is 2.38. The Kier molecular flexibility index (Phi) is 2.29. The van der Waals surface area contributed by atoms with Gasteiger partial charge in [-0.05, 0) is 30.1 Å². The summed E-state index contributed by atoms with van der Waals surface area (Å²) in [5.41, 5.74) is 1.91. The maximum atomic E-state index is 10.8. The van der Waals surface area contributed by atoms with Crippen molar-refractivity contribution >= 4 is 23.0 Å². The molecule has 1 aliphatic heterocycles. The van der Waals surface area contributed by atoms with E-state index >= 15 is 0 Å². The van der Waals surface area contributed by atoms with Gasteiger partial charge in [0.1, 0.15) is 0 Å². The minimum Gasteiger partial charge on any atom is -0.493 e. The average molecular weight is 306 g/mol. The molecule has 2 aromatic carbocycles. The summed E-state index contributed by atoms with van der Waals surface area (Å²) >= 11 is 5.68. The second-order valence-electron chi connectivity index (χ2n) is 5.99. The van der Waals surface area contributed by atoms with Crippen LogP contribution in [0.2, 0.25) is 0 Å². The molecule has 0 amide bonds. The normalized spacial score (nSPS) is 21.6. The number of allylic oxidation sites excluding steroid dienone is 2. The lowest BCUT2D eigenvalue weighted by atomic mass is 10.1. The largest absolute Gasteiger partial charge is 0.493 e. The molecule has 1 N–H and O–H groups in total. The first kappa shape index (κ1) is 12.2. The van der Waals surface area contributed by atoms with E-state index in [1.807, 2.05) is 28.8 Å². The van der Waals surface area contributed by atoms with Crippen LogP contribution in [0.25, 0.3) is 16.5 Å². The molecule has 3 nitrogen and oxygen atoms in total. The number of rotatable bonds is 1. The fourth-order valence-electron chi connectivity index (χ4n) is 3.88. The van der Waals surface area contributed by atoms with Crippen LogP contribution in [0.15, 0.2) is 54.6 Å². The highest BCUT2D eigenvalue weighted by molar-refractivity contribution is 7.71. The molecule has 2 unspecified atom stereocenters. The molecule has 108 valence electrons. The Bertz CT molecular complexity index is 1010. The molecule has 4 heteroatoms. The van der Waals surface area contributed by atoms with Crippen LogP contribution in [-0.2, 0) is 0 Å². The number of fused-ring (bicyclic) bond motifs is 6. The maximum absolute atomic E-state index is 10.8. The maximum Gasteiger partial charge on any atom is 0.218 e. The lowest BCUT2D eigenvalue weighted by Gasteiger charge is -2.10. The van der Waals surface area contributed by atoms with Gasteiger partial charge in [-0.3, -0.25) is 4.57 Å². The summed E-state index contributed by atoms with van der Waals surface area (Å²) in [5.74, 6) is 0.584. The van der Waals surface area contributed by atoms with Crippen molar-refractivity contribution in [2.45, 2.75) is 18.4 Å². The number of nitrogens with zero attached hydrogens (tertiary/aromatic N) is 2. The zero-order chi connectivity index (χ0) is 14.8.